The van der Waals surface area contributed by atoms with Crippen LogP contribution >= 0.6 is 12.2 Å². The van der Waals surface area contributed by atoms with Crippen LogP contribution in [0.4, 0.5) is 5.95 Å². The van der Waals surface area contributed by atoms with E-state index >= 15 is 0 Å². The van der Waals surface area contributed by atoms with E-state index in [4.69, 9.17) is 12.2 Å². The molecule has 1 aliphatic rings. The lowest BCUT2D eigenvalue weighted by atomic mass is 10.4. The Labute approximate surface area is 123 Å². The largest absolute Gasteiger partial charge is 0.299 e. The second-order valence-corrected chi connectivity index (χ2v) is 6.57. The van der Waals surface area contributed by atoms with Gasteiger partial charge in [0, 0.05) is 0 Å². The predicted octanol–water partition coefficient (Wildman–Crippen LogP) is 1.17. The molecule has 1 aromatic heterocycles. The molecule has 0 aliphatic heterocycles. The van der Waals surface area contributed by atoms with Crippen molar-refractivity contribution < 1.29 is 8.42 Å². The summed E-state index contributed by atoms with van der Waals surface area (Å²) in [5.41, 5.74) is 1.41. The molecule has 0 fully saturated rings. The number of allylic oxidation sites excluding steroid dienone is 2. The Morgan fingerprint density at radius 1 is 1.30 bits per heavy atom. The normalized spacial score (nSPS) is 14.8. The molecule has 2 N–H and O–H groups in total. The van der Waals surface area contributed by atoms with Crippen LogP contribution in [0.15, 0.2) is 11.0 Å². The van der Waals surface area contributed by atoms with Gasteiger partial charge in [-0.25, -0.2) is 13.4 Å². The zero-order valence-electron chi connectivity index (χ0n) is 11.2. The lowest BCUT2D eigenvalue weighted by Crippen LogP contribution is -2.35. The Balaban J connectivity index is 2.03. The zero-order valence-corrected chi connectivity index (χ0v) is 12.8. The van der Waals surface area contributed by atoms with E-state index in [0.717, 1.165) is 12.8 Å². The number of hydrogen-bond donors (Lipinski definition) is 2. The van der Waals surface area contributed by atoms with Crippen molar-refractivity contribution in [3.63, 3.8) is 0 Å². The Kier molecular flexibility index (Phi) is 4.29. The number of rotatable bonds is 3. The smallest absolute Gasteiger partial charge is 0.259 e. The van der Waals surface area contributed by atoms with E-state index in [-0.39, 0.29) is 11.1 Å². The molecule has 9 heteroatoms. The molecule has 0 saturated heterocycles. The van der Waals surface area contributed by atoms with Crippen molar-refractivity contribution in [1.29, 1.82) is 0 Å². The van der Waals surface area contributed by atoms with Gasteiger partial charge in [-0.05, 0) is 45.3 Å². The van der Waals surface area contributed by atoms with E-state index < -0.39 is 10.0 Å². The molecule has 0 bridgehead atoms. The van der Waals surface area contributed by atoms with E-state index in [0.29, 0.717) is 22.7 Å². The first-order valence-electron chi connectivity index (χ1n) is 6.09. The molecule has 20 heavy (non-hydrogen) atoms. The molecule has 0 atom stereocenters. The Hall–Kier alpha value is -1.61. The molecule has 108 valence electrons. The van der Waals surface area contributed by atoms with Crippen LogP contribution in [0.25, 0.3) is 0 Å². The van der Waals surface area contributed by atoms with Crippen LogP contribution in [-0.4, -0.2) is 28.7 Å². The van der Waals surface area contributed by atoms with Crippen LogP contribution in [-0.2, 0) is 10.0 Å². The maximum atomic E-state index is 12.0. The summed E-state index contributed by atoms with van der Waals surface area (Å²) in [6, 6.07) is 0. The number of anilines is 1. The van der Waals surface area contributed by atoms with Crippen LogP contribution in [0.3, 0.4) is 0 Å². The average Bonchev–Trinajstić information content (AvgIpc) is 2.87. The van der Waals surface area contributed by atoms with E-state index in [1.54, 1.807) is 19.9 Å². The fourth-order valence-electron chi connectivity index (χ4n) is 1.71. The SMILES string of the molecule is Cc1nnc(NC(=S)NS(=O)(=O)C2=CCCC2)nc1C. The van der Waals surface area contributed by atoms with Gasteiger partial charge in [-0.3, -0.25) is 10.0 Å². The molecular weight excluding hydrogens is 298 g/mol. The average molecular weight is 313 g/mol. The molecule has 0 saturated carbocycles. The highest BCUT2D eigenvalue weighted by Gasteiger charge is 2.21. The summed E-state index contributed by atoms with van der Waals surface area (Å²) < 4.78 is 26.3. The number of hydrogen-bond acceptors (Lipinski definition) is 6. The minimum absolute atomic E-state index is 0.0668. The number of aryl methyl sites for hydroxylation is 2. The number of aromatic nitrogens is 3. The molecular formula is C11H15N5O2S2. The lowest BCUT2D eigenvalue weighted by molar-refractivity contribution is 0.597. The van der Waals surface area contributed by atoms with Gasteiger partial charge in [-0.15, -0.1) is 5.10 Å². The highest BCUT2D eigenvalue weighted by atomic mass is 32.2. The highest BCUT2D eigenvalue weighted by Crippen LogP contribution is 2.21. The van der Waals surface area contributed by atoms with Crippen molar-refractivity contribution in [2.75, 3.05) is 5.32 Å². The third-order valence-electron chi connectivity index (χ3n) is 2.89. The van der Waals surface area contributed by atoms with E-state index in [9.17, 15) is 8.42 Å². The number of sulfonamides is 1. The molecule has 1 aromatic rings. The minimum atomic E-state index is -3.57. The molecule has 0 unspecified atom stereocenters. The molecule has 0 aromatic carbocycles. The van der Waals surface area contributed by atoms with Crippen molar-refractivity contribution in [2.24, 2.45) is 0 Å². The second kappa shape index (κ2) is 5.80. The van der Waals surface area contributed by atoms with Gasteiger partial charge in [0.15, 0.2) is 5.11 Å². The third kappa shape index (κ3) is 3.48. The molecule has 0 radical (unpaired) electrons. The summed E-state index contributed by atoms with van der Waals surface area (Å²) in [7, 11) is -3.57. The fraction of sp³-hybridized carbons (Fsp3) is 0.455. The van der Waals surface area contributed by atoms with Crippen molar-refractivity contribution in [2.45, 2.75) is 33.1 Å². The van der Waals surface area contributed by atoms with Gasteiger partial charge < -0.3 is 0 Å². The summed E-state index contributed by atoms with van der Waals surface area (Å²) in [5, 5.41) is 10.2. The minimum Gasteiger partial charge on any atom is -0.299 e. The predicted molar refractivity (Wildman–Crippen MR) is 79.5 cm³/mol. The lowest BCUT2D eigenvalue weighted by Gasteiger charge is -2.10. The first-order chi connectivity index (χ1) is 9.38. The fourth-order valence-corrected chi connectivity index (χ4v) is 3.31. The molecule has 2 rings (SSSR count). The van der Waals surface area contributed by atoms with Gasteiger partial charge in [0.05, 0.1) is 16.3 Å². The van der Waals surface area contributed by atoms with Crippen molar-refractivity contribution in [3.05, 3.63) is 22.4 Å². The molecule has 1 heterocycles. The topological polar surface area (TPSA) is 96.9 Å². The summed E-state index contributed by atoms with van der Waals surface area (Å²) in [6.07, 6.45) is 3.87. The van der Waals surface area contributed by atoms with Gasteiger partial charge in [-0.1, -0.05) is 6.08 Å². The Morgan fingerprint density at radius 3 is 2.65 bits per heavy atom. The zero-order chi connectivity index (χ0) is 14.8. The second-order valence-electron chi connectivity index (χ2n) is 4.43. The third-order valence-corrected chi connectivity index (χ3v) is 4.76. The van der Waals surface area contributed by atoms with Gasteiger partial charge in [0.2, 0.25) is 5.95 Å². The summed E-state index contributed by atoms with van der Waals surface area (Å²) in [6.45, 7) is 3.57. The van der Waals surface area contributed by atoms with Gasteiger partial charge >= 0.3 is 0 Å². The Bertz CT molecular complexity index is 669. The van der Waals surface area contributed by atoms with Crippen LogP contribution in [0.1, 0.15) is 30.7 Å². The highest BCUT2D eigenvalue weighted by molar-refractivity contribution is 7.95. The number of thiocarbonyl (C=S) groups is 1. The van der Waals surface area contributed by atoms with Crippen LogP contribution in [0.5, 0.6) is 0 Å². The molecule has 7 nitrogen and oxygen atoms in total. The van der Waals surface area contributed by atoms with Gasteiger partial charge in [0.25, 0.3) is 10.0 Å². The number of nitrogens with zero attached hydrogens (tertiary/aromatic N) is 3. The van der Waals surface area contributed by atoms with Gasteiger partial charge in [0.1, 0.15) is 0 Å². The first-order valence-corrected chi connectivity index (χ1v) is 7.98. The quantitative estimate of drug-likeness (QED) is 0.808. The summed E-state index contributed by atoms with van der Waals surface area (Å²) >= 11 is 4.96. The van der Waals surface area contributed by atoms with Crippen molar-refractivity contribution >= 4 is 33.3 Å². The van der Waals surface area contributed by atoms with Crippen molar-refractivity contribution in [3.8, 4) is 0 Å². The van der Waals surface area contributed by atoms with E-state index in [2.05, 4.69) is 25.2 Å². The van der Waals surface area contributed by atoms with E-state index in [1.165, 1.54) is 0 Å². The molecule has 1 aliphatic carbocycles. The molecule has 0 amide bonds. The van der Waals surface area contributed by atoms with Gasteiger partial charge in [-0.2, -0.15) is 5.10 Å². The first kappa shape index (κ1) is 14.8. The van der Waals surface area contributed by atoms with Crippen LogP contribution in [0.2, 0.25) is 0 Å². The maximum Gasteiger partial charge on any atom is 0.259 e. The van der Waals surface area contributed by atoms with Crippen LogP contribution in [0, 0.1) is 13.8 Å². The standard InChI is InChI=1S/C11H15N5O2S2/c1-7-8(2)14-15-10(12-7)13-11(19)16-20(17,18)9-5-3-4-6-9/h5H,3-4,6H2,1-2H3,(H2,12,13,15,16,19). The summed E-state index contributed by atoms with van der Waals surface area (Å²) in [4.78, 5) is 4.49. The van der Waals surface area contributed by atoms with E-state index in [1.807, 2.05) is 0 Å². The maximum absolute atomic E-state index is 12.0. The van der Waals surface area contributed by atoms with Crippen LogP contribution < -0.4 is 10.0 Å². The molecule has 0 spiro atoms. The Morgan fingerprint density at radius 2 is 2.05 bits per heavy atom. The monoisotopic (exact) mass is 313 g/mol. The summed E-state index contributed by atoms with van der Waals surface area (Å²) in [5.74, 6) is 0.168. The number of nitrogens with one attached hydrogen (secondary N) is 2. The van der Waals surface area contributed by atoms with Crippen molar-refractivity contribution in [1.82, 2.24) is 19.9 Å².